The average Bonchev–Trinajstić information content (AvgIpc) is 3.54. The number of aromatic nitrogens is 5. The molecule has 9 nitrogen and oxygen atoms in total. The molecule has 1 aliphatic rings. The van der Waals surface area contributed by atoms with Crippen LogP contribution in [-0.2, 0) is 16.6 Å². The van der Waals surface area contributed by atoms with Crippen LogP contribution in [0.25, 0.3) is 21.5 Å². The van der Waals surface area contributed by atoms with Crippen molar-refractivity contribution in [1.82, 2.24) is 24.9 Å². The average molecular weight is 533 g/mol. The van der Waals surface area contributed by atoms with Gasteiger partial charge in [0.15, 0.2) is 0 Å². The molecule has 0 spiro atoms. The molecule has 3 heterocycles. The van der Waals surface area contributed by atoms with Gasteiger partial charge in [-0.2, -0.15) is 13.2 Å². The van der Waals surface area contributed by atoms with Gasteiger partial charge < -0.3 is 20.5 Å². The third-order valence-electron chi connectivity index (χ3n) is 6.80. The van der Waals surface area contributed by atoms with Crippen molar-refractivity contribution in [3.05, 3.63) is 47.6 Å². The number of aliphatic carboxylic acids is 1. The van der Waals surface area contributed by atoms with E-state index in [1.54, 1.807) is 25.3 Å². The molecule has 0 amide bonds. The minimum Gasteiger partial charge on any atom is -0.481 e. The van der Waals surface area contributed by atoms with Gasteiger partial charge in [-0.3, -0.25) is 4.79 Å². The lowest BCUT2D eigenvalue weighted by Gasteiger charge is -2.35. The molecule has 4 N–H and O–H groups in total. The van der Waals surface area contributed by atoms with Crippen LogP contribution in [0.1, 0.15) is 43.3 Å². The molecular formula is C24H23F3N6O3S. The number of imidazole rings is 1. The molecule has 0 saturated heterocycles. The smallest absolute Gasteiger partial charge is 0.433 e. The normalized spacial score (nSPS) is 20.0. The van der Waals surface area contributed by atoms with Crippen molar-refractivity contribution in [1.29, 1.82) is 0 Å². The van der Waals surface area contributed by atoms with Crippen LogP contribution in [0.3, 0.4) is 0 Å². The van der Waals surface area contributed by atoms with Crippen molar-refractivity contribution in [2.45, 2.75) is 44.4 Å². The van der Waals surface area contributed by atoms with Crippen molar-refractivity contribution >= 4 is 40.0 Å². The summed E-state index contributed by atoms with van der Waals surface area (Å²) in [5.41, 5.74) is 0.0911. The Kier molecular flexibility index (Phi) is 6.36. The number of carboxylic acids is 1. The van der Waals surface area contributed by atoms with Gasteiger partial charge >= 0.3 is 12.1 Å². The number of halogens is 3. The van der Waals surface area contributed by atoms with Gasteiger partial charge in [0.25, 0.3) is 0 Å². The van der Waals surface area contributed by atoms with Crippen LogP contribution in [0.5, 0.6) is 0 Å². The SMILES string of the molecule is CC(O)(c1ncc(-c2cc(Nc3nccc(C(F)(F)F)n3)cc3[nH]cnc23)s1)C1CCC(C(=O)O)CC1. The fraction of sp³-hybridized carbons (Fsp3) is 0.375. The Labute approximate surface area is 212 Å². The van der Waals surface area contributed by atoms with E-state index in [-0.39, 0.29) is 17.8 Å². The molecule has 1 aromatic carbocycles. The summed E-state index contributed by atoms with van der Waals surface area (Å²) in [5.74, 6) is -1.52. The van der Waals surface area contributed by atoms with Gasteiger partial charge in [-0.1, -0.05) is 0 Å². The molecule has 1 aliphatic carbocycles. The Morgan fingerprint density at radius 1 is 1.16 bits per heavy atom. The highest BCUT2D eigenvalue weighted by atomic mass is 32.1. The highest BCUT2D eigenvalue weighted by Crippen LogP contribution is 2.44. The second-order valence-electron chi connectivity index (χ2n) is 9.27. The van der Waals surface area contributed by atoms with E-state index in [0.717, 1.165) is 12.3 Å². The Morgan fingerprint density at radius 3 is 2.62 bits per heavy atom. The first-order chi connectivity index (χ1) is 17.5. The molecule has 37 heavy (non-hydrogen) atoms. The first-order valence-corrected chi connectivity index (χ1v) is 12.4. The number of nitrogens with one attached hydrogen (secondary N) is 2. The number of carbonyl (C=O) groups is 1. The summed E-state index contributed by atoms with van der Waals surface area (Å²) < 4.78 is 39.2. The molecule has 194 valence electrons. The third kappa shape index (κ3) is 5.01. The minimum atomic E-state index is -4.60. The van der Waals surface area contributed by atoms with Crippen molar-refractivity contribution < 1.29 is 28.2 Å². The largest absolute Gasteiger partial charge is 0.481 e. The second-order valence-corrected chi connectivity index (χ2v) is 10.3. The van der Waals surface area contributed by atoms with E-state index in [9.17, 15) is 28.2 Å². The van der Waals surface area contributed by atoms with Crippen LogP contribution in [0.4, 0.5) is 24.8 Å². The second kappa shape index (κ2) is 9.38. The number of benzene rings is 1. The minimum absolute atomic E-state index is 0.126. The molecule has 1 atom stereocenters. The van der Waals surface area contributed by atoms with Gasteiger partial charge in [-0.15, -0.1) is 11.3 Å². The number of hydrogen-bond acceptors (Lipinski definition) is 8. The monoisotopic (exact) mass is 532 g/mol. The maximum absolute atomic E-state index is 13.1. The lowest BCUT2D eigenvalue weighted by atomic mass is 9.74. The predicted octanol–water partition coefficient (Wildman–Crippen LogP) is 5.34. The van der Waals surface area contributed by atoms with Crippen LogP contribution in [0, 0.1) is 11.8 Å². The molecule has 3 aromatic heterocycles. The zero-order valence-corrected chi connectivity index (χ0v) is 20.4. The van der Waals surface area contributed by atoms with Crippen molar-refractivity contribution in [2.24, 2.45) is 11.8 Å². The molecule has 0 radical (unpaired) electrons. The highest BCUT2D eigenvalue weighted by Gasteiger charge is 2.40. The van der Waals surface area contributed by atoms with Crippen LogP contribution >= 0.6 is 11.3 Å². The topological polar surface area (TPSA) is 137 Å². The Hall–Kier alpha value is -3.58. The first kappa shape index (κ1) is 25.1. The summed E-state index contributed by atoms with van der Waals surface area (Å²) in [6.45, 7) is 1.70. The van der Waals surface area contributed by atoms with Crippen molar-refractivity contribution in [3.63, 3.8) is 0 Å². The first-order valence-electron chi connectivity index (χ1n) is 11.6. The Bertz CT molecular complexity index is 1440. The summed E-state index contributed by atoms with van der Waals surface area (Å²) in [6, 6.07) is 4.21. The molecule has 1 unspecified atom stereocenters. The van der Waals surface area contributed by atoms with Gasteiger partial charge in [0.1, 0.15) is 16.3 Å². The number of carboxylic acid groups (broad SMARTS) is 1. The zero-order valence-electron chi connectivity index (χ0n) is 19.6. The van der Waals surface area contributed by atoms with E-state index in [1.165, 1.54) is 17.7 Å². The lowest BCUT2D eigenvalue weighted by Crippen LogP contribution is -2.35. The number of alkyl halides is 3. The van der Waals surface area contributed by atoms with Gasteiger partial charge in [0.05, 0.1) is 28.2 Å². The molecule has 1 fully saturated rings. The predicted molar refractivity (Wildman–Crippen MR) is 130 cm³/mol. The maximum Gasteiger partial charge on any atom is 0.433 e. The molecule has 0 bridgehead atoms. The highest BCUT2D eigenvalue weighted by molar-refractivity contribution is 7.15. The molecule has 13 heteroatoms. The van der Waals surface area contributed by atoms with E-state index < -0.39 is 23.4 Å². The van der Waals surface area contributed by atoms with Crippen LogP contribution < -0.4 is 5.32 Å². The van der Waals surface area contributed by atoms with Crippen molar-refractivity contribution in [2.75, 3.05) is 5.32 Å². The summed E-state index contributed by atoms with van der Waals surface area (Å²) in [7, 11) is 0. The Morgan fingerprint density at radius 2 is 1.92 bits per heavy atom. The third-order valence-corrected chi connectivity index (χ3v) is 8.06. The number of thiazole rings is 1. The summed E-state index contributed by atoms with van der Waals surface area (Å²) in [5, 5.41) is 24.0. The lowest BCUT2D eigenvalue weighted by molar-refractivity contribution is -0.144. The van der Waals surface area contributed by atoms with Gasteiger partial charge in [0, 0.05) is 23.6 Å². The van der Waals surface area contributed by atoms with Gasteiger partial charge in [-0.05, 0) is 56.7 Å². The van der Waals surface area contributed by atoms with E-state index in [2.05, 4.69) is 30.2 Å². The van der Waals surface area contributed by atoms with Crippen LogP contribution in [0.2, 0.25) is 0 Å². The molecule has 1 saturated carbocycles. The summed E-state index contributed by atoms with van der Waals surface area (Å²) >= 11 is 1.29. The molecule has 0 aliphatic heterocycles. The number of nitrogens with zero attached hydrogens (tertiary/aromatic N) is 4. The standard InChI is InChI=1S/C24H23F3N6O3S/c1-23(36,13-4-2-12(3-5-13)20(34)35)21-29-10-17(37-21)15-8-14(9-16-19(15)31-11-30-16)32-22-28-7-6-18(33-22)24(25,26)27/h6-13,36H,2-5H2,1H3,(H,30,31)(H,34,35)(H,28,32,33). The van der Waals surface area contributed by atoms with E-state index in [0.29, 0.717) is 57.9 Å². The maximum atomic E-state index is 13.1. The molecular weight excluding hydrogens is 509 g/mol. The number of fused-ring (bicyclic) bond motifs is 1. The summed E-state index contributed by atoms with van der Waals surface area (Å²) in [6.07, 6.45) is 1.76. The number of hydrogen-bond donors (Lipinski definition) is 4. The van der Waals surface area contributed by atoms with Gasteiger partial charge in [0.2, 0.25) is 5.95 Å². The van der Waals surface area contributed by atoms with Crippen LogP contribution in [-0.4, -0.2) is 41.1 Å². The zero-order chi connectivity index (χ0) is 26.4. The number of aromatic amines is 1. The number of H-pyrrole nitrogens is 1. The number of rotatable bonds is 6. The van der Waals surface area contributed by atoms with E-state index >= 15 is 0 Å². The number of aliphatic hydroxyl groups is 1. The van der Waals surface area contributed by atoms with Gasteiger partial charge in [-0.25, -0.2) is 19.9 Å². The summed E-state index contributed by atoms with van der Waals surface area (Å²) in [4.78, 5) is 31.3. The van der Waals surface area contributed by atoms with E-state index in [4.69, 9.17) is 0 Å². The number of anilines is 2. The fourth-order valence-corrected chi connectivity index (χ4v) is 5.78. The van der Waals surface area contributed by atoms with Crippen molar-refractivity contribution in [3.8, 4) is 10.4 Å². The molecule has 4 aromatic rings. The quantitative estimate of drug-likeness (QED) is 0.261. The fourth-order valence-electron chi connectivity index (χ4n) is 4.73. The van der Waals surface area contributed by atoms with Crippen LogP contribution in [0.15, 0.2) is 36.9 Å². The van der Waals surface area contributed by atoms with E-state index in [1.807, 2.05) is 0 Å². The Balaban J connectivity index is 1.43. The molecule has 5 rings (SSSR count).